The van der Waals surface area contributed by atoms with E-state index in [1.54, 1.807) is 0 Å². The number of amides is 1. The molecule has 84 valence electrons. The van der Waals surface area contributed by atoms with Crippen molar-refractivity contribution in [2.75, 3.05) is 0 Å². The Morgan fingerprint density at radius 1 is 1.67 bits per heavy atom. The fourth-order valence-corrected chi connectivity index (χ4v) is 3.15. The molecule has 4 nitrogen and oxygen atoms in total. The normalized spacial score (nSPS) is 39.7. The molecule has 4 heteroatoms. The van der Waals surface area contributed by atoms with Gasteiger partial charge in [0.25, 0.3) is 0 Å². The lowest BCUT2D eigenvalue weighted by Crippen LogP contribution is -2.42. The van der Waals surface area contributed by atoms with Gasteiger partial charge in [0.15, 0.2) is 0 Å². The van der Waals surface area contributed by atoms with E-state index >= 15 is 0 Å². The van der Waals surface area contributed by atoms with Crippen LogP contribution in [0.15, 0.2) is 0 Å². The van der Waals surface area contributed by atoms with Crippen LogP contribution in [0.25, 0.3) is 0 Å². The third-order valence-electron chi connectivity index (χ3n) is 4.00. The molecule has 2 fully saturated rings. The van der Waals surface area contributed by atoms with E-state index in [9.17, 15) is 9.59 Å². The lowest BCUT2D eigenvalue weighted by Gasteiger charge is -2.26. The van der Waals surface area contributed by atoms with E-state index in [0.29, 0.717) is 12.3 Å². The van der Waals surface area contributed by atoms with Crippen molar-refractivity contribution in [2.24, 2.45) is 11.3 Å². The molecular weight excluding hydrogens is 194 g/mol. The molecule has 0 aromatic carbocycles. The Balaban J connectivity index is 2.19. The molecule has 1 aliphatic heterocycles. The maximum atomic E-state index is 11.3. The number of nitrogens with one attached hydrogen (secondary N) is 1. The predicted molar refractivity (Wildman–Crippen MR) is 54.2 cm³/mol. The van der Waals surface area contributed by atoms with Crippen molar-refractivity contribution in [1.82, 2.24) is 5.32 Å². The Labute approximate surface area is 89.0 Å². The third kappa shape index (κ3) is 1.62. The number of carboxylic acid groups (broad SMARTS) is 1. The van der Waals surface area contributed by atoms with Gasteiger partial charge in [0.2, 0.25) is 5.91 Å². The summed E-state index contributed by atoms with van der Waals surface area (Å²) in [5.41, 5.74) is -0.288. The molecule has 0 bridgehead atoms. The molecule has 1 saturated heterocycles. The van der Waals surface area contributed by atoms with Crippen LogP contribution in [0.2, 0.25) is 0 Å². The first kappa shape index (κ1) is 10.5. The van der Waals surface area contributed by atoms with Gasteiger partial charge in [-0.1, -0.05) is 13.3 Å². The third-order valence-corrected chi connectivity index (χ3v) is 4.00. The zero-order valence-electron chi connectivity index (χ0n) is 8.95. The first-order valence-corrected chi connectivity index (χ1v) is 5.59. The summed E-state index contributed by atoms with van der Waals surface area (Å²) in [7, 11) is 0. The fourth-order valence-electron chi connectivity index (χ4n) is 3.15. The summed E-state index contributed by atoms with van der Waals surface area (Å²) in [6.07, 6.45) is 4.32. The van der Waals surface area contributed by atoms with Gasteiger partial charge in [-0.3, -0.25) is 4.79 Å². The fraction of sp³-hybridized carbons (Fsp3) is 0.818. The molecule has 0 radical (unpaired) electrons. The summed E-state index contributed by atoms with van der Waals surface area (Å²) in [5.74, 6) is -0.378. The summed E-state index contributed by atoms with van der Waals surface area (Å²) in [6.45, 7) is 2.13. The molecule has 1 saturated carbocycles. The van der Waals surface area contributed by atoms with Crippen LogP contribution >= 0.6 is 0 Å². The van der Waals surface area contributed by atoms with Gasteiger partial charge in [0, 0.05) is 11.8 Å². The number of aliphatic carboxylic acids is 1. The minimum absolute atomic E-state index is 0.0980. The van der Waals surface area contributed by atoms with Crippen LogP contribution in [0.1, 0.15) is 39.0 Å². The number of hydrogen-bond donors (Lipinski definition) is 2. The second-order valence-corrected chi connectivity index (χ2v) is 4.89. The smallest absolute Gasteiger partial charge is 0.326 e. The molecule has 0 aromatic rings. The molecule has 1 aliphatic carbocycles. The van der Waals surface area contributed by atoms with Crippen molar-refractivity contribution in [1.29, 1.82) is 0 Å². The van der Waals surface area contributed by atoms with Crippen LogP contribution in [0.5, 0.6) is 0 Å². The van der Waals surface area contributed by atoms with E-state index in [4.69, 9.17) is 5.11 Å². The highest BCUT2D eigenvalue weighted by Gasteiger charge is 2.53. The SMILES string of the molecule is CCC1CCC2(CC(=O)NC2C(=O)O)C1. The zero-order valence-corrected chi connectivity index (χ0v) is 8.95. The van der Waals surface area contributed by atoms with Gasteiger partial charge in [-0.2, -0.15) is 0 Å². The van der Waals surface area contributed by atoms with Gasteiger partial charge in [-0.25, -0.2) is 4.79 Å². The van der Waals surface area contributed by atoms with Crippen LogP contribution in [-0.4, -0.2) is 23.0 Å². The molecule has 3 atom stereocenters. The second-order valence-electron chi connectivity index (χ2n) is 4.89. The summed E-state index contributed by atoms with van der Waals surface area (Å²) in [4.78, 5) is 22.4. The van der Waals surface area contributed by atoms with Crippen molar-refractivity contribution in [3.8, 4) is 0 Å². The largest absolute Gasteiger partial charge is 0.480 e. The Hall–Kier alpha value is -1.06. The van der Waals surface area contributed by atoms with E-state index in [-0.39, 0.29) is 11.3 Å². The van der Waals surface area contributed by atoms with Crippen molar-refractivity contribution < 1.29 is 14.7 Å². The molecule has 0 aromatic heterocycles. The zero-order chi connectivity index (χ0) is 11.1. The van der Waals surface area contributed by atoms with Crippen molar-refractivity contribution in [2.45, 2.75) is 45.1 Å². The van der Waals surface area contributed by atoms with E-state index in [1.807, 2.05) is 0 Å². The van der Waals surface area contributed by atoms with Gasteiger partial charge >= 0.3 is 5.97 Å². The first-order chi connectivity index (χ1) is 7.07. The topological polar surface area (TPSA) is 66.4 Å². The van der Waals surface area contributed by atoms with Gasteiger partial charge in [0.05, 0.1) is 0 Å². The second kappa shape index (κ2) is 3.51. The number of carbonyl (C=O) groups is 2. The van der Waals surface area contributed by atoms with E-state index < -0.39 is 12.0 Å². The van der Waals surface area contributed by atoms with Crippen LogP contribution in [0.4, 0.5) is 0 Å². The lowest BCUT2D eigenvalue weighted by atomic mass is 9.78. The number of rotatable bonds is 2. The highest BCUT2D eigenvalue weighted by Crippen LogP contribution is 2.50. The quantitative estimate of drug-likeness (QED) is 0.720. The predicted octanol–water partition coefficient (Wildman–Crippen LogP) is 1.16. The Bertz CT molecular complexity index is 302. The summed E-state index contributed by atoms with van der Waals surface area (Å²) in [6, 6.07) is -0.651. The van der Waals surface area contributed by atoms with Crippen LogP contribution in [0.3, 0.4) is 0 Å². The van der Waals surface area contributed by atoms with Gasteiger partial charge in [0.1, 0.15) is 6.04 Å². The highest BCUT2D eigenvalue weighted by atomic mass is 16.4. The number of carbonyl (C=O) groups excluding carboxylic acids is 1. The van der Waals surface area contributed by atoms with Crippen LogP contribution in [-0.2, 0) is 9.59 Å². The van der Waals surface area contributed by atoms with E-state index in [0.717, 1.165) is 25.7 Å². The molecule has 1 amide bonds. The van der Waals surface area contributed by atoms with Gasteiger partial charge in [-0.05, 0) is 25.2 Å². The molecule has 2 N–H and O–H groups in total. The van der Waals surface area contributed by atoms with Crippen LogP contribution in [0, 0.1) is 11.3 Å². The highest BCUT2D eigenvalue weighted by molar-refractivity contribution is 5.89. The first-order valence-electron chi connectivity index (χ1n) is 5.59. The Kier molecular flexibility index (Phi) is 2.44. The molecule has 1 spiro atoms. The van der Waals surface area contributed by atoms with E-state index in [2.05, 4.69) is 12.2 Å². The minimum atomic E-state index is -0.877. The standard InChI is InChI=1S/C11H17NO3/c1-2-7-3-4-11(5-7)6-8(13)12-9(11)10(14)15/h7,9H,2-6H2,1H3,(H,12,13)(H,14,15). The molecule has 3 unspecified atom stereocenters. The molecule has 2 aliphatic rings. The van der Waals surface area contributed by atoms with Crippen molar-refractivity contribution in [3.05, 3.63) is 0 Å². The maximum Gasteiger partial charge on any atom is 0.326 e. The molecule has 15 heavy (non-hydrogen) atoms. The van der Waals surface area contributed by atoms with Crippen molar-refractivity contribution in [3.63, 3.8) is 0 Å². The number of carboxylic acids is 1. The Morgan fingerprint density at radius 3 is 2.93 bits per heavy atom. The van der Waals surface area contributed by atoms with Gasteiger partial charge in [-0.15, -0.1) is 0 Å². The maximum absolute atomic E-state index is 11.3. The Morgan fingerprint density at radius 2 is 2.40 bits per heavy atom. The average Bonchev–Trinajstić information content (AvgIpc) is 2.71. The molecular formula is C11H17NO3. The summed E-state index contributed by atoms with van der Waals surface area (Å²) < 4.78 is 0. The lowest BCUT2D eigenvalue weighted by molar-refractivity contribution is -0.142. The van der Waals surface area contributed by atoms with E-state index in [1.165, 1.54) is 0 Å². The summed E-state index contributed by atoms with van der Waals surface area (Å²) >= 11 is 0. The minimum Gasteiger partial charge on any atom is -0.480 e. The van der Waals surface area contributed by atoms with Gasteiger partial charge < -0.3 is 10.4 Å². The van der Waals surface area contributed by atoms with Crippen molar-refractivity contribution >= 4 is 11.9 Å². The number of hydrogen-bond acceptors (Lipinski definition) is 2. The molecule has 1 heterocycles. The average molecular weight is 211 g/mol. The van der Waals surface area contributed by atoms with Crippen LogP contribution < -0.4 is 5.32 Å². The molecule has 2 rings (SSSR count). The monoisotopic (exact) mass is 211 g/mol. The summed E-state index contributed by atoms with van der Waals surface area (Å²) in [5, 5.41) is 11.7.